The van der Waals surface area contributed by atoms with E-state index in [1.165, 1.54) is 5.56 Å². The van der Waals surface area contributed by atoms with E-state index in [9.17, 15) is 5.11 Å². The van der Waals surface area contributed by atoms with Gasteiger partial charge in [-0.1, -0.05) is 35.0 Å². The van der Waals surface area contributed by atoms with E-state index in [-0.39, 0.29) is 6.61 Å². The molecule has 0 fully saturated rings. The molecule has 18 heavy (non-hydrogen) atoms. The third kappa shape index (κ3) is 3.12. The molecule has 2 rings (SSSR count). The summed E-state index contributed by atoms with van der Waals surface area (Å²) in [6, 6.07) is 13.6. The van der Waals surface area contributed by atoms with E-state index in [2.05, 4.69) is 22.9 Å². The van der Waals surface area contributed by atoms with Crippen LogP contribution in [0.4, 0.5) is 0 Å². The maximum atomic E-state index is 9.30. The van der Waals surface area contributed by atoms with E-state index >= 15 is 0 Å². The second-order valence-corrected chi connectivity index (χ2v) is 4.93. The molecule has 0 saturated heterocycles. The fraction of sp³-hybridized carbons (Fsp3) is 0.200. The summed E-state index contributed by atoms with van der Waals surface area (Å²) in [4.78, 5) is 0. The first kappa shape index (κ1) is 13.1. The van der Waals surface area contributed by atoms with Crippen molar-refractivity contribution in [3.05, 3.63) is 58.1 Å². The van der Waals surface area contributed by atoms with Crippen LogP contribution in [0.5, 0.6) is 11.5 Å². The molecule has 2 nitrogen and oxygen atoms in total. The number of aryl methyl sites for hydroxylation is 1. The van der Waals surface area contributed by atoms with Crippen LogP contribution >= 0.6 is 15.9 Å². The molecule has 0 aliphatic carbocycles. The third-order valence-electron chi connectivity index (χ3n) is 2.75. The van der Waals surface area contributed by atoms with Crippen molar-refractivity contribution in [2.24, 2.45) is 0 Å². The van der Waals surface area contributed by atoms with Crippen LogP contribution in [0, 0.1) is 0 Å². The minimum absolute atomic E-state index is 0.0399. The minimum atomic E-state index is -0.0399. The van der Waals surface area contributed by atoms with E-state index < -0.39 is 0 Å². The highest BCUT2D eigenvalue weighted by Gasteiger charge is 2.05. The predicted octanol–water partition coefficient (Wildman–Crippen LogP) is 4.30. The molecule has 0 aliphatic heterocycles. The highest BCUT2D eigenvalue weighted by molar-refractivity contribution is 9.10. The van der Waals surface area contributed by atoms with Crippen molar-refractivity contribution in [3.8, 4) is 11.5 Å². The van der Waals surface area contributed by atoms with Gasteiger partial charge in [0.25, 0.3) is 0 Å². The van der Waals surface area contributed by atoms with E-state index in [1.807, 2.05) is 42.5 Å². The number of benzene rings is 2. The molecule has 1 N–H and O–H groups in total. The molecule has 0 radical (unpaired) electrons. The van der Waals surface area contributed by atoms with E-state index in [4.69, 9.17) is 4.74 Å². The van der Waals surface area contributed by atoms with Crippen molar-refractivity contribution in [3.63, 3.8) is 0 Å². The van der Waals surface area contributed by atoms with Gasteiger partial charge < -0.3 is 9.84 Å². The SMILES string of the molecule is CCc1ccc(Oc2ccc(Br)cc2CO)cc1. The Balaban J connectivity index is 2.22. The molecule has 3 heteroatoms. The van der Waals surface area contributed by atoms with Gasteiger partial charge in [0.1, 0.15) is 11.5 Å². The highest BCUT2D eigenvalue weighted by Crippen LogP contribution is 2.28. The van der Waals surface area contributed by atoms with Gasteiger partial charge in [-0.15, -0.1) is 0 Å². The van der Waals surface area contributed by atoms with Gasteiger partial charge in [0.2, 0.25) is 0 Å². The molecule has 2 aromatic carbocycles. The van der Waals surface area contributed by atoms with E-state index in [0.717, 1.165) is 22.2 Å². The van der Waals surface area contributed by atoms with Crippen LogP contribution in [-0.2, 0) is 13.0 Å². The number of ether oxygens (including phenoxy) is 1. The molecule has 0 atom stereocenters. The van der Waals surface area contributed by atoms with Crippen molar-refractivity contribution in [2.45, 2.75) is 20.0 Å². The fourth-order valence-electron chi connectivity index (χ4n) is 1.69. The van der Waals surface area contributed by atoms with Crippen LogP contribution in [-0.4, -0.2) is 5.11 Å². The Morgan fingerprint density at radius 1 is 1.11 bits per heavy atom. The van der Waals surface area contributed by atoms with Crippen molar-refractivity contribution in [1.82, 2.24) is 0 Å². The first-order chi connectivity index (χ1) is 8.72. The molecule has 0 spiro atoms. The predicted molar refractivity (Wildman–Crippen MR) is 76.0 cm³/mol. The Labute approximate surface area is 115 Å². The number of hydrogen-bond donors (Lipinski definition) is 1. The van der Waals surface area contributed by atoms with Gasteiger partial charge in [-0.2, -0.15) is 0 Å². The highest BCUT2D eigenvalue weighted by atomic mass is 79.9. The quantitative estimate of drug-likeness (QED) is 0.912. The summed E-state index contributed by atoms with van der Waals surface area (Å²) in [6.07, 6.45) is 1.01. The molecule has 0 amide bonds. The molecular weight excluding hydrogens is 292 g/mol. The second kappa shape index (κ2) is 6.03. The first-order valence-corrected chi connectivity index (χ1v) is 6.68. The molecule has 0 bridgehead atoms. The maximum Gasteiger partial charge on any atom is 0.133 e. The summed E-state index contributed by atoms with van der Waals surface area (Å²) < 4.78 is 6.70. The maximum absolute atomic E-state index is 9.30. The van der Waals surface area contributed by atoms with Crippen LogP contribution in [0.15, 0.2) is 46.9 Å². The first-order valence-electron chi connectivity index (χ1n) is 5.89. The molecule has 94 valence electrons. The number of hydrogen-bond acceptors (Lipinski definition) is 2. The van der Waals surface area contributed by atoms with Crippen LogP contribution in [0.1, 0.15) is 18.1 Å². The molecule has 0 aliphatic rings. The zero-order valence-corrected chi connectivity index (χ0v) is 11.8. The Morgan fingerprint density at radius 3 is 2.44 bits per heavy atom. The third-order valence-corrected chi connectivity index (χ3v) is 3.25. The van der Waals surface area contributed by atoms with Crippen molar-refractivity contribution >= 4 is 15.9 Å². The number of aliphatic hydroxyl groups is 1. The lowest BCUT2D eigenvalue weighted by molar-refractivity contribution is 0.276. The van der Waals surface area contributed by atoms with E-state index in [1.54, 1.807) is 0 Å². The molecule has 0 saturated carbocycles. The molecule has 0 aromatic heterocycles. The topological polar surface area (TPSA) is 29.5 Å². The normalized spacial score (nSPS) is 10.4. The Kier molecular flexibility index (Phi) is 4.39. The average Bonchev–Trinajstić information content (AvgIpc) is 2.41. The van der Waals surface area contributed by atoms with Crippen molar-refractivity contribution in [2.75, 3.05) is 0 Å². The van der Waals surface area contributed by atoms with Crippen LogP contribution in [0.3, 0.4) is 0 Å². The average molecular weight is 307 g/mol. The number of aliphatic hydroxyl groups excluding tert-OH is 1. The van der Waals surface area contributed by atoms with Gasteiger partial charge in [0.15, 0.2) is 0 Å². The molecular formula is C15H15BrO2. The molecule has 0 unspecified atom stereocenters. The van der Waals surface area contributed by atoms with Crippen molar-refractivity contribution < 1.29 is 9.84 Å². The van der Waals surface area contributed by atoms with Gasteiger partial charge in [0, 0.05) is 10.0 Å². The lowest BCUT2D eigenvalue weighted by Crippen LogP contribution is -1.92. The molecule has 0 heterocycles. The van der Waals surface area contributed by atoms with Crippen LogP contribution in [0.25, 0.3) is 0 Å². The van der Waals surface area contributed by atoms with Gasteiger partial charge in [-0.05, 0) is 42.3 Å². The van der Waals surface area contributed by atoms with Gasteiger partial charge in [0.05, 0.1) is 6.61 Å². The summed E-state index contributed by atoms with van der Waals surface area (Å²) in [5.74, 6) is 1.47. The lowest BCUT2D eigenvalue weighted by atomic mass is 10.1. The van der Waals surface area contributed by atoms with Gasteiger partial charge >= 0.3 is 0 Å². The zero-order chi connectivity index (χ0) is 13.0. The number of halogens is 1. The summed E-state index contributed by atoms with van der Waals surface area (Å²) >= 11 is 3.37. The fourth-order valence-corrected chi connectivity index (χ4v) is 2.10. The molecule has 2 aromatic rings. The van der Waals surface area contributed by atoms with Gasteiger partial charge in [-0.3, -0.25) is 0 Å². The zero-order valence-electron chi connectivity index (χ0n) is 10.2. The van der Waals surface area contributed by atoms with Crippen molar-refractivity contribution in [1.29, 1.82) is 0 Å². The monoisotopic (exact) mass is 306 g/mol. The smallest absolute Gasteiger partial charge is 0.133 e. The van der Waals surface area contributed by atoms with Gasteiger partial charge in [-0.25, -0.2) is 0 Å². The Hall–Kier alpha value is -1.32. The summed E-state index contributed by atoms with van der Waals surface area (Å²) in [5, 5.41) is 9.30. The standard InChI is InChI=1S/C15H15BrO2/c1-2-11-3-6-14(7-4-11)18-15-8-5-13(16)9-12(15)10-17/h3-9,17H,2,10H2,1H3. The van der Waals surface area contributed by atoms with Crippen LogP contribution in [0.2, 0.25) is 0 Å². The largest absolute Gasteiger partial charge is 0.457 e. The Bertz CT molecular complexity index is 521. The Morgan fingerprint density at radius 2 is 1.83 bits per heavy atom. The second-order valence-electron chi connectivity index (χ2n) is 4.01. The van der Waals surface area contributed by atoms with Crippen LogP contribution < -0.4 is 4.74 Å². The number of rotatable bonds is 4. The lowest BCUT2D eigenvalue weighted by Gasteiger charge is -2.10. The minimum Gasteiger partial charge on any atom is -0.457 e. The summed E-state index contributed by atoms with van der Waals surface area (Å²) in [5.41, 5.74) is 2.05. The summed E-state index contributed by atoms with van der Waals surface area (Å²) in [6.45, 7) is 2.08. The van der Waals surface area contributed by atoms with E-state index in [0.29, 0.717) is 5.75 Å². The summed E-state index contributed by atoms with van der Waals surface area (Å²) in [7, 11) is 0.